The van der Waals surface area contributed by atoms with Crippen molar-refractivity contribution in [2.24, 2.45) is 5.73 Å². The molecule has 0 saturated carbocycles. The third kappa shape index (κ3) is 2.45. The minimum Gasteiger partial charge on any atom is -0.439 e. The zero-order valence-corrected chi connectivity index (χ0v) is 11.5. The first-order chi connectivity index (χ1) is 9.26. The summed E-state index contributed by atoms with van der Waals surface area (Å²) >= 11 is 3.41. The van der Waals surface area contributed by atoms with E-state index in [1.165, 1.54) is 0 Å². The largest absolute Gasteiger partial charge is 0.439 e. The van der Waals surface area contributed by atoms with E-state index in [9.17, 15) is 0 Å². The van der Waals surface area contributed by atoms with Gasteiger partial charge in [-0.2, -0.15) is 10.1 Å². The van der Waals surface area contributed by atoms with Crippen molar-refractivity contribution in [3.63, 3.8) is 0 Å². The Morgan fingerprint density at radius 1 is 1.26 bits per heavy atom. The summed E-state index contributed by atoms with van der Waals surface area (Å²) in [5.41, 5.74) is 7.37. The van der Waals surface area contributed by atoms with Gasteiger partial charge in [0.2, 0.25) is 5.88 Å². The van der Waals surface area contributed by atoms with Gasteiger partial charge in [0.05, 0.1) is 6.20 Å². The lowest BCUT2D eigenvalue weighted by molar-refractivity contribution is 0.457. The van der Waals surface area contributed by atoms with Crippen molar-refractivity contribution >= 4 is 21.6 Å². The second-order valence-electron chi connectivity index (χ2n) is 3.96. The highest BCUT2D eigenvalue weighted by molar-refractivity contribution is 9.10. The number of benzene rings is 1. The van der Waals surface area contributed by atoms with E-state index in [-0.39, 0.29) is 0 Å². The number of nitrogens with zero attached hydrogens (tertiary/aromatic N) is 3. The second-order valence-corrected chi connectivity index (χ2v) is 4.87. The van der Waals surface area contributed by atoms with Crippen molar-refractivity contribution in [3.05, 3.63) is 52.8 Å². The molecule has 5 nitrogen and oxygen atoms in total. The van der Waals surface area contributed by atoms with E-state index in [0.29, 0.717) is 18.2 Å². The first kappa shape index (κ1) is 12.1. The van der Waals surface area contributed by atoms with E-state index in [1.54, 1.807) is 23.0 Å². The topological polar surface area (TPSA) is 65.4 Å². The van der Waals surface area contributed by atoms with Gasteiger partial charge in [0.15, 0.2) is 5.65 Å². The third-order valence-electron chi connectivity index (χ3n) is 2.69. The SMILES string of the molecule is NCc1cc(Br)ccc1Oc1ccn2nccc2n1. The van der Waals surface area contributed by atoms with Gasteiger partial charge in [0.1, 0.15) is 5.75 Å². The van der Waals surface area contributed by atoms with Gasteiger partial charge in [0.25, 0.3) is 0 Å². The second kappa shape index (κ2) is 4.99. The molecule has 0 fully saturated rings. The summed E-state index contributed by atoms with van der Waals surface area (Å²) in [5.74, 6) is 1.23. The Morgan fingerprint density at radius 3 is 3.00 bits per heavy atom. The molecule has 3 rings (SSSR count). The van der Waals surface area contributed by atoms with E-state index in [4.69, 9.17) is 10.5 Å². The van der Waals surface area contributed by atoms with Crippen LogP contribution in [0.3, 0.4) is 0 Å². The minimum atomic E-state index is 0.406. The molecule has 19 heavy (non-hydrogen) atoms. The summed E-state index contributed by atoms with van der Waals surface area (Å²) in [6.45, 7) is 0.406. The van der Waals surface area contributed by atoms with E-state index < -0.39 is 0 Å². The average molecular weight is 319 g/mol. The zero-order chi connectivity index (χ0) is 13.2. The van der Waals surface area contributed by atoms with Crippen LogP contribution in [0.1, 0.15) is 5.56 Å². The molecule has 2 heterocycles. The number of ether oxygens (including phenoxy) is 1. The molecule has 0 spiro atoms. The van der Waals surface area contributed by atoms with Gasteiger partial charge < -0.3 is 10.5 Å². The molecule has 0 aliphatic rings. The molecule has 0 aliphatic carbocycles. The Hall–Kier alpha value is -1.92. The van der Waals surface area contributed by atoms with Gasteiger partial charge in [-0.05, 0) is 18.2 Å². The molecule has 2 N–H and O–H groups in total. The minimum absolute atomic E-state index is 0.406. The molecule has 0 saturated heterocycles. The highest BCUT2D eigenvalue weighted by Crippen LogP contribution is 2.26. The van der Waals surface area contributed by atoms with Crippen LogP contribution in [0.25, 0.3) is 5.65 Å². The quantitative estimate of drug-likeness (QED) is 0.806. The van der Waals surface area contributed by atoms with Crippen LogP contribution in [0.15, 0.2) is 47.2 Å². The molecule has 6 heteroatoms. The highest BCUT2D eigenvalue weighted by atomic mass is 79.9. The van der Waals surface area contributed by atoms with Crippen LogP contribution in [-0.2, 0) is 6.54 Å². The van der Waals surface area contributed by atoms with Crippen molar-refractivity contribution in [1.29, 1.82) is 0 Å². The number of hydrogen-bond acceptors (Lipinski definition) is 4. The average Bonchev–Trinajstić information content (AvgIpc) is 2.88. The summed E-state index contributed by atoms with van der Waals surface area (Å²) in [4.78, 5) is 4.35. The Balaban J connectivity index is 1.95. The standard InChI is InChI=1S/C13H11BrN4O/c14-10-1-2-11(9(7-10)8-15)19-13-4-6-18-12(17-13)3-5-16-18/h1-7H,8,15H2. The summed E-state index contributed by atoms with van der Waals surface area (Å²) in [6, 6.07) is 9.30. The predicted molar refractivity (Wildman–Crippen MR) is 75.1 cm³/mol. The van der Waals surface area contributed by atoms with Gasteiger partial charge in [-0.15, -0.1) is 0 Å². The van der Waals surface area contributed by atoms with Crippen molar-refractivity contribution in [2.75, 3.05) is 0 Å². The Bertz CT molecular complexity index is 725. The molecule has 0 bridgehead atoms. The van der Waals surface area contributed by atoms with Crippen LogP contribution in [0.5, 0.6) is 11.6 Å². The summed E-state index contributed by atoms with van der Waals surface area (Å²) in [6.07, 6.45) is 3.50. The number of fused-ring (bicyclic) bond motifs is 1. The van der Waals surface area contributed by atoms with Gasteiger partial charge in [0, 0.05) is 34.9 Å². The fraction of sp³-hybridized carbons (Fsp3) is 0.0769. The maximum absolute atomic E-state index is 5.78. The third-order valence-corrected chi connectivity index (χ3v) is 3.18. The molecule has 1 aromatic carbocycles. The molecule has 96 valence electrons. The lowest BCUT2D eigenvalue weighted by Crippen LogP contribution is -2.00. The van der Waals surface area contributed by atoms with Crippen LogP contribution in [0.4, 0.5) is 0 Å². The molecule has 3 aromatic rings. The first-order valence-corrected chi connectivity index (χ1v) is 6.52. The lowest BCUT2D eigenvalue weighted by Gasteiger charge is -2.09. The Kier molecular flexibility index (Phi) is 3.18. The summed E-state index contributed by atoms with van der Waals surface area (Å²) < 4.78 is 8.43. The lowest BCUT2D eigenvalue weighted by atomic mass is 10.2. The molecule has 0 atom stereocenters. The summed E-state index contributed by atoms with van der Waals surface area (Å²) in [5, 5.41) is 4.08. The highest BCUT2D eigenvalue weighted by Gasteiger charge is 2.06. The van der Waals surface area contributed by atoms with E-state index in [2.05, 4.69) is 26.0 Å². The van der Waals surface area contributed by atoms with E-state index in [1.807, 2.05) is 24.3 Å². The number of aromatic nitrogens is 3. The van der Waals surface area contributed by atoms with Crippen LogP contribution >= 0.6 is 15.9 Å². The fourth-order valence-corrected chi connectivity index (χ4v) is 2.18. The van der Waals surface area contributed by atoms with Gasteiger partial charge >= 0.3 is 0 Å². The van der Waals surface area contributed by atoms with Crippen molar-refractivity contribution in [2.45, 2.75) is 6.54 Å². The molecule has 0 radical (unpaired) electrons. The van der Waals surface area contributed by atoms with Gasteiger partial charge in [-0.1, -0.05) is 15.9 Å². The molecular formula is C13H11BrN4O. The maximum atomic E-state index is 5.78. The van der Waals surface area contributed by atoms with Crippen LogP contribution in [-0.4, -0.2) is 14.6 Å². The van der Waals surface area contributed by atoms with Crippen molar-refractivity contribution in [3.8, 4) is 11.6 Å². The number of rotatable bonds is 3. The molecule has 0 unspecified atom stereocenters. The number of nitrogens with two attached hydrogens (primary N) is 1. The number of halogens is 1. The zero-order valence-electron chi connectivity index (χ0n) is 9.95. The Morgan fingerprint density at radius 2 is 2.16 bits per heavy atom. The fourth-order valence-electron chi connectivity index (χ4n) is 1.77. The van der Waals surface area contributed by atoms with Gasteiger partial charge in [-0.3, -0.25) is 0 Å². The normalized spacial score (nSPS) is 10.8. The van der Waals surface area contributed by atoms with E-state index >= 15 is 0 Å². The smallest absolute Gasteiger partial charge is 0.222 e. The predicted octanol–water partition coefficient (Wildman–Crippen LogP) is 2.74. The maximum Gasteiger partial charge on any atom is 0.222 e. The molecular weight excluding hydrogens is 308 g/mol. The van der Waals surface area contributed by atoms with Crippen LogP contribution in [0, 0.1) is 0 Å². The van der Waals surface area contributed by atoms with Crippen molar-refractivity contribution < 1.29 is 4.74 Å². The van der Waals surface area contributed by atoms with Crippen LogP contribution in [0.2, 0.25) is 0 Å². The Labute approximate surface area is 118 Å². The molecule has 0 amide bonds. The van der Waals surface area contributed by atoms with Gasteiger partial charge in [-0.25, -0.2) is 4.52 Å². The van der Waals surface area contributed by atoms with E-state index in [0.717, 1.165) is 15.7 Å². The van der Waals surface area contributed by atoms with Crippen LogP contribution < -0.4 is 10.5 Å². The first-order valence-electron chi connectivity index (χ1n) is 5.73. The number of hydrogen-bond donors (Lipinski definition) is 1. The summed E-state index contributed by atoms with van der Waals surface area (Å²) in [7, 11) is 0. The van der Waals surface area contributed by atoms with Crippen molar-refractivity contribution in [1.82, 2.24) is 14.6 Å². The molecule has 2 aromatic heterocycles. The molecule has 0 aliphatic heterocycles. The monoisotopic (exact) mass is 318 g/mol.